The van der Waals surface area contributed by atoms with E-state index in [9.17, 15) is 14.4 Å². The highest BCUT2D eigenvalue weighted by atomic mass is 16.5. The van der Waals surface area contributed by atoms with Crippen molar-refractivity contribution in [1.29, 1.82) is 0 Å². The van der Waals surface area contributed by atoms with Crippen LogP contribution in [0.25, 0.3) is 0 Å². The molecule has 4 unspecified atom stereocenters. The van der Waals surface area contributed by atoms with Gasteiger partial charge in [-0.1, -0.05) is 66.3 Å². The number of hydrogen-bond acceptors (Lipinski definition) is 6. The van der Waals surface area contributed by atoms with Crippen LogP contribution in [0.2, 0.25) is 0 Å². The molecule has 40 heavy (non-hydrogen) atoms. The second kappa shape index (κ2) is 10.2. The van der Waals surface area contributed by atoms with Gasteiger partial charge in [-0.15, -0.1) is 0 Å². The summed E-state index contributed by atoms with van der Waals surface area (Å²) in [6.07, 6.45) is 7.27. The lowest BCUT2D eigenvalue weighted by Gasteiger charge is -2.44. The first kappa shape index (κ1) is 25.8. The minimum atomic E-state index is -1.12. The molecule has 0 saturated carbocycles. The number of benzene rings is 2. The van der Waals surface area contributed by atoms with Crippen molar-refractivity contribution in [3.8, 4) is 5.75 Å². The van der Waals surface area contributed by atoms with Crippen LogP contribution >= 0.6 is 0 Å². The monoisotopic (exact) mass is 537 g/mol. The summed E-state index contributed by atoms with van der Waals surface area (Å²) >= 11 is 0. The van der Waals surface area contributed by atoms with Gasteiger partial charge in [-0.05, 0) is 30.7 Å². The molecule has 1 aliphatic carbocycles. The van der Waals surface area contributed by atoms with Crippen LogP contribution in [0.1, 0.15) is 45.0 Å². The molecule has 2 aromatic carbocycles. The third-order valence-corrected chi connectivity index (χ3v) is 7.95. The Labute approximate surface area is 232 Å². The molecule has 3 aromatic rings. The van der Waals surface area contributed by atoms with Gasteiger partial charge in [0.1, 0.15) is 17.6 Å². The predicted molar refractivity (Wildman–Crippen MR) is 150 cm³/mol. The number of aromatic nitrogens is 2. The van der Waals surface area contributed by atoms with Crippen LogP contribution in [0.4, 0.5) is 0 Å². The van der Waals surface area contributed by atoms with Gasteiger partial charge in [-0.3, -0.25) is 19.0 Å². The van der Waals surface area contributed by atoms with Crippen molar-refractivity contribution in [3.63, 3.8) is 0 Å². The Morgan fingerprint density at radius 2 is 1.77 bits per heavy atom. The first-order chi connectivity index (χ1) is 19.4. The Hall–Kier alpha value is -4.50. The Bertz CT molecular complexity index is 1580. The van der Waals surface area contributed by atoms with Crippen molar-refractivity contribution in [2.75, 3.05) is 20.1 Å². The lowest BCUT2D eigenvalue weighted by Crippen LogP contribution is -2.60. The molecule has 0 bridgehead atoms. The van der Waals surface area contributed by atoms with Crippen LogP contribution in [0, 0.1) is 6.92 Å². The first-order valence-corrected chi connectivity index (χ1v) is 13.4. The molecular weight excluding hydrogens is 506 g/mol. The van der Waals surface area contributed by atoms with Crippen LogP contribution in [-0.2, 0) is 11.3 Å². The minimum Gasteiger partial charge on any atom is -0.478 e. The Morgan fingerprint density at radius 3 is 2.50 bits per heavy atom. The molecular formula is C31H31N5O4. The van der Waals surface area contributed by atoms with E-state index in [0.717, 1.165) is 11.1 Å². The van der Waals surface area contributed by atoms with E-state index in [4.69, 9.17) is 15.5 Å². The number of ether oxygens (including phenoxy) is 1. The van der Waals surface area contributed by atoms with Crippen LogP contribution in [0.3, 0.4) is 0 Å². The summed E-state index contributed by atoms with van der Waals surface area (Å²) in [5.74, 6) is -0.524. The van der Waals surface area contributed by atoms with E-state index in [1.165, 1.54) is 9.47 Å². The van der Waals surface area contributed by atoms with Crippen molar-refractivity contribution >= 4 is 11.8 Å². The molecule has 0 spiro atoms. The van der Waals surface area contributed by atoms with Gasteiger partial charge < -0.3 is 20.3 Å². The second-order valence-corrected chi connectivity index (χ2v) is 10.5. The van der Waals surface area contributed by atoms with Crippen molar-refractivity contribution in [2.45, 2.75) is 37.6 Å². The van der Waals surface area contributed by atoms with Crippen LogP contribution in [0.5, 0.6) is 5.75 Å². The van der Waals surface area contributed by atoms with Crippen molar-refractivity contribution in [2.24, 2.45) is 5.73 Å². The number of carbonyl (C=O) groups is 2. The zero-order valence-electron chi connectivity index (χ0n) is 22.4. The fourth-order valence-electron chi connectivity index (χ4n) is 5.62. The second-order valence-electron chi connectivity index (χ2n) is 10.5. The quantitative estimate of drug-likeness (QED) is 0.536. The molecule has 6 rings (SSSR count). The number of carbonyl (C=O) groups excluding carboxylic acids is 2. The number of likely N-dealkylation sites (N-methyl/N-ethyl adjacent to an activating group) is 1. The molecule has 0 radical (unpaired) electrons. The average Bonchev–Trinajstić information content (AvgIpc) is 3.35. The molecule has 1 saturated heterocycles. The lowest BCUT2D eigenvalue weighted by atomic mass is 9.95. The first-order valence-electron chi connectivity index (χ1n) is 13.4. The summed E-state index contributed by atoms with van der Waals surface area (Å²) in [6, 6.07) is 15.2. The number of amides is 2. The van der Waals surface area contributed by atoms with Crippen LogP contribution in [-0.4, -0.2) is 63.4 Å². The van der Waals surface area contributed by atoms with Gasteiger partial charge >= 0.3 is 0 Å². The Balaban J connectivity index is 1.54. The number of nitrogens with zero attached hydrogens (tertiary/aromatic N) is 4. The molecule has 2 N–H and O–H groups in total. The van der Waals surface area contributed by atoms with Gasteiger partial charge in [0.2, 0.25) is 5.75 Å². The molecule has 204 valence electrons. The highest BCUT2D eigenvalue weighted by molar-refractivity contribution is 5.98. The smallest absolute Gasteiger partial charge is 0.296 e. The molecule has 3 heterocycles. The maximum atomic E-state index is 14.1. The minimum absolute atomic E-state index is 0.167. The van der Waals surface area contributed by atoms with E-state index >= 15 is 0 Å². The van der Waals surface area contributed by atoms with E-state index < -0.39 is 6.04 Å². The van der Waals surface area contributed by atoms with Gasteiger partial charge in [0.05, 0.1) is 18.5 Å². The molecule has 3 aliphatic rings. The van der Waals surface area contributed by atoms with Gasteiger partial charge in [0.15, 0.2) is 6.04 Å². The summed E-state index contributed by atoms with van der Waals surface area (Å²) in [5.41, 5.74) is 8.46. The average molecular weight is 538 g/mol. The van der Waals surface area contributed by atoms with Crippen molar-refractivity contribution < 1.29 is 14.3 Å². The zero-order valence-corrected chi connectivity index (χ0v) is 22.4. The summed E-state index contributed by atoms with van der Waals surface area (Å²) in [5, 5.41) is 0. The third-order valence-electron chi connectivity index (χ3n) is 7.95. The maximum Gasteiger partial charge on any atom is 0.296 e. The van der Waals surface area contributed by atoms with Gasteiger partial charge in [-0.2, -0.15) is 0 Å². The standard InChI is InChI=1S/C31H31N5O4/c1-19-12-14-21(15-13-19)29(37)35-18-22(16-32)34(2)30(38)26(35)28-33-25-23-10-6-7-11-24(23)40-27(25)31(39)36(28)17-20-8-4-3-5-9-20/h3-15,22-24,26H,16-18,32H2,1-2H3. The molecule has 2 aliphatic heterocycles. The number of nitrogens with two attached hydrogens (primary N) is 1. The van der Waals surface area contributed by atoms with E-state index in [1.807, 2.05) is 73.7 Å². The van der Waals surface area contributed by atoms with Gasteiger partial charge in [0, 0.05) is 25.7 Å². The van der Waals surface area contributed by atoms with Crippen molar-refractivity contribution in [1.82, 2.24) is 19.4 Å². The number of aryl methyl sites for hydroxylation is 1. The molecule has 9 heteroatoms. The van der Waals surface area contributed by atoms with Crippen LogP contribution in [0.15, 0.2) is 83.7 Å². The Kier molecular flexibility index (Phi) is 6.59. The van der Waals surface area contributed by atoms with Gasteiger partial charge in [0.25, 0.3) is 17.4 Å². The molecule has 1 fully saturated rings. The number of hydrogen-bond donors (Lipinski definition) is 1. The molecule has 2 amide bonds. The topological polar surface area (TPSA) is 111 Å². The number of rotatable bonds is 5. The van der Waals surface area contributed by atoms with Crippen LogP contribution < -0.4 is 16.0 Å². The Morgan fingerprint density at radius 1 is 1.05 bits per heavy atom. The normalized spacial score (nSPS) is 23.1. The van der Waals surface area contributed by atoms with E-state index in [1.54, 1.807) is 24.1 Å². The number of piperazine rings is 1. The zero-order chi connectivity index (χ0) is 28.0. The van der Waals surface area contributed by atoms with Crippen molar-refractivity contribution in [3.05, 3.63) is 117 Å². The molecule has 4 atom stereocenters. The maximum absolute atomic E-state index is 14.1. The SMILES string of the molecule is Cc1ccc(C(=O)N2CC(CN)N(C)C(=O)C2c2nc3c(c(=O)n2Cc2ccccc2)OC2C=CC=CC32)cc1. The largest absolute Gasteiger partial charge is 0.478 e. The summed E-state index contributed by atoms with van der Waals surface area (Å²) in [4.78, 5) is 50.2. The third kappa shape index (κ3) is 4.32. The van der Waals surface area contributed by atoms with E-state index in [-0.39, 0.29) is 66.6 Å². The summed E-state index contributed by atoms with van der Waals surface area (Å²) in [6.45, 7) is 2.51. The summed E-state index contributed by atoms with van der Waals surface area (Å²) < 4.78 is 7.55. The number of fused-ring (bicyclic) bond motifs is 3. The highest BCUT2D eigenvalue weighted by Gasteiger charge is 2.46. The number of allylic oxidation sites excluding steroid dienone is 2. The fourth-order valence-corrected chi connectivity index (χ4v) is 5.62. The fraction of sp³-hybridized carbons (Fsp3) is 0.290. The molecule has 1 aromatic heterocycles. The van der Waals surface area contributed by atoms with E-state index in [2.05, 4.69) is 0 Å². The highest BCUT2D eigenvalue weighted by Crippen LogP contribution is 2.39. The molecule has 9 nitrogen and oxygen atoms in total. The van der Waals surface area contributed by atoms with Gasteiger partial charge in [-0.25, -0.2) is 4.98 Å². The summed E-state index contributed by atoms with van der Waals surface area (Å²) in [7, 11) is 1.68. The van der Waals surface area contributed by atoms with E-state index in [0.29, 0.717) is 11.3 Å². The predicted octanol–water partition coefficient (Wildman–Crippen LogP) is 2.55. The lowest BCUT2D eigenvalue weighted by molar-refractivity contribution is -0.142.